The summed E-state index contributed by atoms with van der Waals surface area (Å²) in [5.41, 5.74) is 2.73. The van der Waals surface area contributed by atoms with Crippen molar-refractivity contribution >= 4 is 28.5 Å². The second kappa shape index (κ2) is 11.2. The highest BCUT2D eigenvalue weighted by atomic mass is 79.9. The fraction of sp³-hybridized carbons (Fsp3) is 0.417. The van der Waals surface area contributed by atoms with Crippen LogP contribution in [0.25, 0.3) is 0 Å². The molecule has 0 N–H and O–H groups in total. The fourth-order valence-electron chi connectivity index (χ4n) is 2.90. The minimum atomic E-state index is 0.0651. The van der Waals surface area contributed by atoms with Crippen LogP contribution >= 0.6 is 15.9 Å². The van der Waals surface area contributed by atoms with Gasteiger partial charge >= 0.3 is 0 Å². The summed E-state index contributed by atoms with van der Waals surface area (Å²) in [6.45, 7) is 8.47. The van der Waals surface area contributed by atoms with Gasteiger partial charge in [-0.15, -0.1) is 0 Å². The molecule has 2 aromatic carbocycles. The largest absolute Gasteiger partial charge is 0.303 e. The molecule has 0 atom stereocenters. The lowest BCUT2D eigenvalue weighted by molar-refractivity contribution is -0.110. The minimum Gasteiger partial charge on any atom is -0.303 e. The van der Waals surface area contributed by atoms with Gasteiger partial charge < -0.3 is 9.59 Å². The number of benzene rings is 2. The van der Waals surface area contributed by atoms with E-state index in [1.165, 1.54) is 11.1 Å². The Labute approximate surface area is 172 Å². The third-order valence-corrected chi connectivity index (χ3v) is 4.92. The van der Waals surface area contributed by atoms with Crippen molar-refractivity contribution in [2.75, 3.05) is 0 Å². The predicted molar refractivity (Wildman–Crippen MR) is 117 cm³/mol. The van der Waals surface area contributed by atoms with Crippen molar-refractivity contribution < 1.29 is 9.59 Å². The molecule has 0 unspecified atom stereocenters. The average Bonchev–Trinajstić information content (AvgIpc) is 2.57. The van der Waals surface area contributed by atoms with E-state index in [1.807, 2.05) is 30.3 Å². The zero-order valence-electron chi connectivity index (χ0n) is 16.9. The molecule has 0 aliphatic carbocycles. The lowest BCUT2D eigenvalue weighted by Crippen LogP contribution is -2.15. The van der Waals surface area contributed by atoms with Gasteiger partial charge in [-0.3, -0.25) is 0 Å². The van der Waals surface area contributed by atoms with E-state index in [1.54, 1.807) is 0 Å². The SMILES string of the molecule is CC(C)(CC=O)Cc1ccc(Br)cc1.CC(C)(CC=O)Cc1ccccc1. The van der Waals surface area contributed by atoms with Crippen molar-refractivity contribution in [2.45, 2.75) is 53.4 Å². The van der Waals surface area contributed by atoms with Crippen LogP contribution in [-0.2, 0) is 22.4 Å². The Balaban J connectivity index is 0.000000271. The molecule has 0 fully saturated rings. The molecule has 3 heteroatoms. The Bertz CT molecular complexity index is 688. The van der Waals surface area contributed by atoms with Gasteiger partial charge in [0.15, 0.2) is 0 Å². The van der Waals surface area contributed by atoms with E-state index < -0.39 is 0 Å². The third-order valence-electron chi connectivity index (χ3n) is 4.39. The second-order valence-corrected chi connectivity index (χ2v) is 9.45. The molecule has 0 aliphatic heterocycles. The van der Waals surface area contributed by atoms with E-state index >= 15 is 0 Å². The molecule has 0 spiro atoms. The molecule has 2 rings (SSSR count). The summed E-state index contributed by atoms with van der Waals surface area (Å²) in [7, 11) is 0. The number of hydrogen-bond donors (Lipinski definition) is 0. The first-order chi connectivity index (χ1) is 12.7. The number of halogens is 1. The van der Waals surface area contributed by atoms with Crippen molar-refractivity contribution in [3.8, 4) is 0 Å². The van der Waals surface area contributed by atoms with Crippen LogP contribution in [0.15, 0.2) is 59.1 Å². The maximum Gasteiger partial charge on any atom is 0.120 e. The van der Waals surface area contributed by atoms with Crippen LogP contribution in [0.4, 0.5) is 0 Å². The van der Waals surface area contributed by atoms with Crippen LogP contribution < -0.4 is 0 Å². The number of hydrogen-bond acceptors (Lipinski definition) is 2. The highest BCUT2D eigenvalue weighted by molar-refractivity contribution is 9.10. The first kappa shape index (κ1) is 23.3. The average molecular weight is 431 g/mol. The van der Waals surface area contributed by atoms with Crippen molar-refractivity contribution in [3.63, 3.8) is 0 Å². The highest BCUT2D eigenvalue weighted by Crippen LogP contribution is 2.25. The first-order valence-electron chi connectivity index (χ1n) is 9.33. The molecule has 27 heavy (non-hydrogen) atoms. The quantitative estimate of drug-likeness (QED) is 0.450. The smallest absolute Gasteiger partial charge is 0.120 e. The molecule has 2 nitrogen and oxygen atoms in total. The van der Waals surface area contributed by atoms with Gasteiger partial charge in [-0.25, -0.2) is 0 Å². The van der Waals surface area contributed by atoms with Gasteiger partial charge in [-0.1, -0.05) is 86.1 Å². The molecule has 0 aromatic heterocycles. The van der Waals surface area contributed by atoms with Crippen LogP contribution in [0.5, 0.6) is 0 Å². The molecular formula is C24H31BrO2. The summed E-state index contributed by atoms with van der Waals surface area (Å²) in [6.07, 6.45) is 5.15. The Morgan fingerprint density at radius 3 is 1.52 bits per heavy atom. The first-order valence-corrected chi connectivity index (χ1v) is 10.1. The summed E-state index contributed by atoms with van der Waals surface area (Å²) in [5.74, 6) is 0. The molecular weight excluding hydrogens is 400 g/mol. The van der Waals surface area contributed by atoms with Crippen LogP contribution in [0.3, 0.4) is 0 Å². The highest BCUT2D eigenvalue weighted by Gasteiger charge is 2.18. The summed E-state index contributed by atoms with van der Waals surface area (Å²) in [4.78, 5) is 20.9. The van der Waals surface area contributed by atoms with Gasteiger partial charge in [0.1, 0.15) is 12.6 Å². The normalized spacial score (nSPS) is 11.3. The molecule has 0 bridgehead atoms. The zero-order valence-corrected chi connectivity index (χ0v) is 18.5. The van der Waals surface area contributed by atoms with E-state index in [9.17, 15) is 9.59 Å². The van der Waals surface area contributed by atoms with Crippen molar-refractivity contribution in [1.29, 1.82) is 0 Å². The molecule has 0 amide bonds. The minimum absolute atomic E-state index is 0.0651. The summed E-state index contributed by atoms with van der Waals surface area (Å²) in [5, 5.41) is 0. The monoisotopic (exact) mass is 430 g/mol. The third kappa shape index (κ3) is 10.2. The number of aldehydes is 2. The van der Waals surface area contributed by atoms with Crippen LogP contribution in [0, 0.1) is 10.8 Å². The van der Waals surface area contributed by atoms with E-state index in [0.29, 0.717) is 12.8 Å². The Morgan fingerprint density at radius 2 is 1.11 bits per heavy atom. The maximum atomic E-state index is 10.5. The second-order valence-electron chi connectivity index (χ2n) is 8.54. The number of carbonyl (C=O) groups excluding carboxylic acids is 2. The zero-order chi connectivity index (χ0) is 20.3. The summed E-state index contributed by atoms with van der Waals surface area (Å²) >= 11 is 3.40. The van der Waals surface area contributed by atoms with Crippen molar-refractivity contribution in [1.82, 2.24) is 0 Å². The van der Waals surface area contributed by atoms with Gasteiger partial charge in [0.2, 0.25) is 0 Å². The van der Waals surface area contributed by atoms with Crippen LogP contribution in [0.2, 0.25) is 0 Å². The topological polar surface area (TPSA) is 34.1 Å². The molecule has 0 heterocycles. The lowest BCUT2D eigenvalue weighted by Gasteiger charge is -2.21. The van der Waals surface area contributed by atoms with Gasteiger partial charge in [-0.05, 0) is 46.9 Å². The van der Waals surface area contributed by atoms with Crippen LogP contribution in [-0.4, -0.2) is 12.6 Å². The number of rotatable bonds is 8. The lowest BCUT2D eigenvalue weighted by atomic mass is 9.83. The van der Waals surface area contributed by atoms with E-state index in [4.69, 9.17) is 0 Å². The van der Waals surface area contributed by atoms with Gasteiger partial charge in [0.25, 0.3) is 0 Å². The van der Waals surface area contributed by atoms with Gasteiger partial charge in [0.05, 0.1) is 0 Å². The maximum absolute atomic E-state index is 10.5. The van der Waals surface area contributed by atoms with E-state index in [0.717, 1.165) is 29.9 Å². The Hall–Kier alpha value is -1.74. The van der Waals surface area contributed by atoms with Crippen LogP contribution in [0.1, 0.15) is 51.7 Å². The standard InChI is InChI=1S/C12H15BrO.C12H16O/c1-12(2,7-8-14)9-10-3-5-11(13)6-4-10;1-12(2,8-9-13)10-11-6-4-3-5-7-11/h3-6,8H,7,9H2,1-2H3;3-7,9H,8,10H2,1-2H3. The molecule has 0 radical (unpaired) electrons. The van der Waals surface area contributed by atoms with Gasteiger partial charge in [-0.2, -0.15) is 0 Å². The predicted octanol–water partition coefficient (Wildman–Crippen LogP) is 6.45. The molecule has 146 valence electrons. The van der Waals surface area contributed by atoms with Crippen molar-refractivity contribution in [3.05, 3.63) is 70.2 Å². The molecule has 2 aromatic rings. The van der Waals surface area contributed by atoms with E-state index in [2.05, 4.69) is 67.9 Å². The molecule has 0 saturated carbocycles. The van der Waals surface area contributed by atoms with Gasteiger partial charge in [0, 0.05) is 17.3 Å². The molecule has 0 aliphatic rings. The van der Waals surface area contributed by atoms with E-state index in [-0.39, 0.29) is 10.8 Å². The van der Waals surface area contributed by atoms with Crippen molar-refractivity contribution in [2.24, 2.45) is 10.8 Å². The number of carbonyl (C=O) groups is 2. The summed E-state index contributed by atoms with van der Waals surface area (Å²) < 4.78 is 1.09. The summed E-state index contributed by atoms with van der Waals surface area (Å²) in [6, 6.07) is 18.5. The fourth-order valence-corrected chi connectivity index (χ4v) is 3.16. The molecule has 0 saturated heterocycles. The Morgan fingerprint density at radius 1 is 0.704 bits per heavy atom. The Kier molecular flexibility index (Phi) is 9.65.